The third-order valence-corrected chi connectivity index (χ3v) is 8.31. The molecular weight excluding hydrogens is 473 g/mol. The molecule has 0 fully saturated rings. The zero-order chi connectivity index (χ0) is 23.5. The van der Waals surface area contributed by atoms with Crippen LogP contribution in [0.25, 0.3) is 0 Å². The van der Waals surface area contributed by atoms with Crippen molar-refractivity contribution in [3.8, 4) is 5.75 Å². The number of aromatic nitrogens is 2. The van der Waals surface area contributed by atoms with E-state index in [0.29, 0.717) is 30.2 Å². The van der Waals surface area contributed by atoms with Crippen LogP contribution in [-0.2, 0) is 15.6 Å². The van der Waals surface area contributed by atoms with Crippen LogP contribution in [0.15, 0.2) is 59.8 Å². The zero-order valence-electron chi connectivity index (χ0n) is 17.7. The van der Waals surface area contributed by atoms with Gasteiger partial charge in [-0.2, -0.15) is 17.5 Å². The number of rotatable bonds is 8. The van der Waals surface area contributed by atoms with Crippen LogP contribution < -0.4 is 4.74 Å². The molecule has 4 rings (SSSR count). The molecule has 3 aromatic rings. The van der Waals surface area contributed by atoms with Crippen molar-refractivity contribution in [3.63, 3.8) is 0 Å². The van der Waals surface area contributed by atoms with Crippen molar-refractivity contribution in [1.29, 1.82) is 0 Å². The van der Waals surface area contributed by atoms with Crippen LogP contribution in [0.2, 0.25) is 0 Å². The number of hydrogen-bond acceptors (Lipinski definition) is 6. The fourth-order valence-electron chi connectivity index (χ4n) is 4.21. The molecule has 1 aliphatic heterocycles. The maximum absolute atomic E-state index is 13.0. The smallest absolute Gasteiger partial charge is 0.389 e. The van der Waals surface area contributed by atoms with E-state index in [1.807, 2.05) is 30.3 Å². The third-order valence-electron chi connectivity index (χ3n) is 5.84. The van der Waals surface area contributed by atoms with Gasteiger partial charge in [0.25, 0.3) is 0 Å². The summed E-state index contributed by atoms with van der Waals surface area (Å²) in [5.41, 5.74) is 1.72. The summed E-state index contributed by atoms with van der Waals surface area (Å²) in [5, 5.41) is 0.405. The third kappa shape index (κ3) is 6.11. The second-order valence-corrected chi connectivity index (χ2v) is 11.0. The molecule has 0 radical (unpaired) electrons. The number of alkyl halides is 3. The van der Waals surface area contributed by atoms with Gasteiger partial charge in [0.1, 0.15) is 22.8 Å². The van der Waals surface area contributed by atoms with E-state index in [2.05, 4.69) is 9.36 Å². The summed E-state index contributed by atoms with van der Waals surface area (Å²) in [7, 11) is -3.62. The first-order valence-corrected chi connectivity index (χ1v) is 13.0. The minimum Gasteiger partial charge on any atom is -0.493 e. The van der Waals surface area contributed by atoms with E-state index < -0.39 is 22.4 Å². The molecule has 1 aliphatic rings. The molecule has 2 heterocycles. The Bertz CT molecular complexity index is 1170. The van der Waals surface area contributed by atoms with E-state index >= 15 is 0 Å². The summed E-state index contributed by atoms with van der Waals surface area (Å²) in [6.07, 6.45) is -2.53. The Balaban J connectivity index is 1.56. The molecule has 0 saturated heterocycles. The summed E-state index contributed by atoms with van der Waals surface area (Å²) >= 11 is 1.03. The lowest BCUT2D eigenvalue weighted by Gasteiger charge is -2.30. The van der Waals surface area contributed by atoms with Crippen LogP contribution in [0, 0.1) is 0 Å². The predicted molar refractivity (Wildman–Crippen MR) is 119 cm³/mol. The highest BCUT2D eigenvalue weighted by atomic mass is 32.2. The number of fused-ring (bicyclic) bond motifs is 1. The Kier molecular flexibility index (Phi) is 7.04. The van der Waals surface area contributed by atoms with Gasteiger partial charge in [-0.25, -0.2) is 13.4 Å². The minimum atomic E-state index is -4.21. The van der Waals surface area contributed by atoms with Gasteiger partial charge in [-0.1, -0.05) is 36.4 Å². The van der Waals surface area contributed by atoms with Crippen molar-refractivity contribution >= 4 is 21.4 Å². The molecule has 0 saturated carbocycles. The monoisotopic (exact) mass is 496 g/mol. The maximum atomic E-state index is 13.0. The van der Waals surface area contributed by atoms with E-state index in [-0.39, 0.29) is 28.9 Å². The van der Waals surface area contributed by atoms with Crippen LogP contribution in [0.1, 0.15) is 53.7 Å². The van der Waals surface area contributed by atoms with Crippen molar-refractivity contribution < 1.29 is 26.3 Å². The average molecular weight is 497 g/mol. The molecule has 2 aromatic carbocycles. The van der Waals surface area contributed by atoms with Crippen LogP contribution in [-0.4, -0.2) is 30.6 Å². The Morgan fingerprint density at radius 2 is 1.94 bits per heavy atom. The maximum Gasteiger partial charge on any atom is 0.389 e. The van der Waals surface area contributed by atoms with Crippen molar-refractivity contribution in [2.45, 2.75) is 54.3 Å². The summed E-state index contributed by atoms with van der Waals surface area (Å²) in [5.74, 6) is -0.0446. The van der Waals surface area contributed by atoms with Gasteiger partial charge in [0, 0.05) is 6.42 Å². The van der Waals surface area contributed by atoms with Gasteiger partial charge >= 0.3 is 6.18 Å². The highest BCUT2D eigenvalue weighted by Gasteiger charge is 2.32. The molecule has 0 bridgehead atoms. The number of halogens is 3. The Morgan fingerprint density at radius 1 is 1.15 bits per heavy atom. The van der Waals surface area contributed by atoms with Crippen molar-refractivity contribution in [2.75, 3.05) is 6.61 Å². The summed E-state index contributed by atoms with van der Waals surface area (Å²) in [6.45, 7) is 0.387. The van der Waals surface area contributed by atoms with E-state index in [4.69, 9.17) is 4.74 Å². The quantitative estimate of drug-likeness (QED) is 0.389. The number of sulfone groups is 1. The van der Waals surface area contributed by atoms with Gasteiger partial charge in [0.05, 0.1) is 11.5 Å². The SMILES string of the molecule is O=S(=O)(Cc1ncns1)c1ccc2c(c1)OCC[C@@H]2C[C@@H](CCC(F)(F)F)c1ccccc1. The summed E-state index contributed by atoms with van der Waals surface area (Å²) < 4.78 is 74.0. The Labute approximate surface area is 194 Å². The highest BCUT2D eigenvalue weighted by molar-refractivity contribution is 7.90. The van der Waals surface area contributed by atoms with Crippen LogP contribution in [0.3, 0.4) is 0 Å². The lowest BCUT2D eigenvalue weighted by molar-refractivity contribution is -0.136. The number of ether oxygens (including phenoxy) is 1. The first-order valence-electron chi connectivity index (χ1n) is 10.6. The molecule has 0 N–H and O–H groups in total. The molecule has 0 spiro atoms. The van der Waals surface area contributed by atoms with E-state index in [0.717, 1.165) is 22.7 Å². The molecule has 33 heavy (non-hydrogen) atoms. The summed E-state index contributed by atoms with van der Waals surface area (Å²) in [4.78, 5) is 4.07. The topological polar surface area (TPSA) is 69.2 Å². The van der Waals surface area contributed by atoms with Crippen molar-refractivity contribution in [2.24, 2.45) is 0 Å². The molecule has 5 nitrogen and oxygen atoms in total. The lowest BCUT2D eigenvalue weighted by atomic mass is 9.80. The molecule has 2 atom stereocenters. The van der Waals surface area contributed by atoms with Crippen molar-refractivity contribution in [3.05, 3.63) is 71.0 Å². The first kappa shape index (κ1) is 23.7. The first-order chi connectivity index (χ1) is 15.7. The minimum absolute atomic E-state index is 0.00845. The van der Waals surface area contributed by atoms with E-state index in [1.54, 1.807) is 12.1 Å². The predicted octanol–water partition coefficient (Wildman–Crippen LogP) is 5.89. The van der Waals surface area contributed by atoms with Gasteiger partial charge in [-0.15, -0.1) is 0 Å². The van der Waals surface area contributed by atoms with Gasteiger partial charge < -0.3 is 4.74 Å². The Hall–Kier alpha value is -2.46. The van der Waals surface area contributed by atoms with Gasteiger partial charge in [0.15, 0.2) is 9.84 Å². The average Bonchev–Trinajstić information content (AvgIpc) is 3.28. The molecule has 0 aliphatic carbocycles. The van der Waals surface area contributed by atoms with Crippen LogP contribution in [0.5, 0.6) is 5.75 Å². The van der Waals surface area contributed by atoms with Crippen LogP contribution in [0.4, 0.5) is 13.2 Å². The number of hydrogen-bond donors (Lipinski definition) is 0. The van der Waals surface area contributed by atoms with Gasteiger partial charge in [-0.3, -0.25) is 0 Å². The lowest BCUT2D eigenvalue weighted by Crippen LogP contribution is -2.18. The molecule has 1 aromatic heterocycles. The highest BCUT2D eigenvalue weighted by Crippen LogP contribution is 2.43. The molecule has 176 valence electrons. The number of nitrogens with zero attached hydrogens (tertiary/aromatic N) is 2. The number of benzene rings is 2. The van der Waals surface area contributed by atoms with Gasteiger partial charge in [0.2, 0.25) is 0 Å². The summed E-state index contributed by atoms with van der Waals surface area (Å²) in [6, 6.07) is 14.0. The van der Waals surface area contributed by atoms with Crippen molar-refractivity contribution in [1.82, 2.24) is 9.36 Å². The second-order valence-electron chi connectivity index (χ2n) is 8.12. The largest absolute Gasteiger partial charge is 0.493 e. The zero-order valence-corrected chi connectivity index (χ0v) is 19.3. The van der Waals surface area contributed by atoms with E-state index in [1.165, 1.54) is 12.4 Å². The van der Waals surface area contributed by atoms with E-state index in [9.17, 15) is 21.6 Å². The standard InChI is InChI=1S/C23H23F3N2O3S2/c24-23(25,26)10-8-17(16-4-2-1-3-5-16)12-18-9-11-31-21-13-19(6-7-20(18)21)33(29,30)14-22-27-15-28-32-22/h1-7,13,15,17-18H,8-12,14H2/t17-,18-/m1/s1. The fraction of sp³-hybridized carbons (Fsp3) is 0.391. The molecular formula is C23H23F3N2O3S2. The molecule has 10 heteroatoms. The normalized spacial score (nSPS) is 17.2. The Morgan fingerprint density at radius 3 is 2.64 bits per heavy atom. The molecule has 0 unspecified atom stereocenters. The second kappa shape index (κ2) is 9.80. The fourth-order valence-corrected chi connectivity index (χ4v) is 6.33. The molecule has 0 amide bonds. The van der Waals surface area contributed by atoms with Gasteiger partial charge in [-0.05, 0) is 65.9 Å². The van der Waals surface area contributed by atoms with Crippen LogP contribution >= 0.6 is 11.5 Å².